The number of nitrogens with two attached hydrogens (primary N) is 1. The number of aromatic nitrogens is 1. The Hall–Kier alpha value is -2.23. The van der Waals surface area contributed by atoms with E-state index in [1.807, 2.05) is 31.2 Å². The van der Waals surface area contributed by atoms with Crippen molar-refractivity contribution in [1.29, 1.82) is 0 Å². The molecule has 4 nitrogen and oxygen atoms in total. The number of pyridine rings is 1. The molecule has 94 valence electrons. The van der Waals surface area contributed by atoms with E-state index in [4.69, 9.17) is 15.2 Å². The number of hydrogen-bond acceptors (Lipinski definition) is 4. The Morgan fingerprint density at radius 3 is 2.50 bits per heavy atom. The van der Waals surface area contributed by atoms with Gasteiger partial charge in [-0.1, -0.05) is 0 Å². The minimum Gasteiger partial charge on any atom is -0.497 e. The van der Waals surface area contributed by atoms with Crippen LogP contribution in [0.4, 0.5) is 5.69 Å². The number of benzene rings is 1. The van der Waals surface area contributed by atoms with Crippen molar-refractivity contribution < 1.29 is 9.47 Å². The molecule has 0 aliphatic carbocycles. The third-order valence-electron chi connectivity index (χ3n) is 2.48. The summed E-state index contributed by atoms with van der Waals surface area (Å²) in [6.07, 6.45) is 0. The highest BCUT2D eigenvalue weighted by molar-refractivity contribution is 5.41. The lowest BCUT2D eigenvalue weighted by molar-refractivity contribution is 0.300. The van der Waals surface area contributed by atoms with Gasteiger partial charge in [0.25, 0.3) is 0 Å². The first kappa shape index (κ1) is 12.2. The van der Waals surface area contributed by atoms with Crippen LogP contribution in [0.5, 0.6) is 11.5 Å². The van der Waals surface area contributed by atoms with E-state index >= 15 is 0 Å². The van der Waals surface area contributed by atoms with Gasteiger partial charge in [0.15, 0.2) is 0 Å². The Morgan fingerprint density at radius 1 is 1.11 bits per heavy atom. The number of methoxy groups -OCH3 is 1. The van der Waals surface area contributed by atoms with E-state index in [1.165, 1.54) is 0 Å². The van der Waals surface area contributed by atoms with Crippen LogP contribution >= 0.6 is 0 Å². The number of nitrogens with zero attached hydrogens (tertiary/aromatic N) is 1. The molecule has 0 radical (unpaired) electrons. The fourth-order valence-electron chi connectivity index (χ4n) is 1.62. The van der Waals surface area contributed by atoms with Crippen LogP contribution in [-0.2, 0) is 6.61 Å². The first-order valence-electron chi connectivity index (χ1n) is 5.67. The second kappa shape index (κ2) is 5.40. The van der Waals surface area contributed by atoms with Crippen molar-refractivity contribution in [3.63, 3.8) is 0 Å². The lowest BCUT2D eigenvalue weighted by atomic mass is 10.3. The van der Waals surface area contributed by atoms with Crippen molar-refractivity contribution in [1.82, 2.24) is 4.98 Å². The third-order valence-corrected chi connectivity index (χ3v) is 2.48. The molecule has 1 heterocycles. The molecule has 1 aromatic carbocycles. The number of aryl methyl sites for hydroxylation is 1. The van der Waals surface area contributed by atoms with Gasteiger partial charge in [0, 0.05) is 23.5 Å². The Bertz CT molecular complexity index is 524. The molecule has 0 spiro atoms. The Morgan fingerprint density at radius 2 is 1.83 bits per heavy atom. The number of nitrogen functional groups attached to an aromatic ring is 1. The Labute approximate surface area is 106 Å². The van der Waals surface area contributed by atoms with Crippen LogP contribution in [0.15, 0.2) is 36.4 Å². The predicted molar refractivity (Wildman–Crippen MR) is 70.7 cm³/mol. The summed E-state index contributed by atoms with van der Waals surface area (Å²) in [6, 6.07) is 11.0. The highest BCUT2D eigenvalue weighted by Crippen LogP contribution is 2.17. The summed E-state index contributed by atoms with van der Waals surface area (Å²) in [4.78, 5) is 4.38. The van der Waals surface area contributed by atoms with Crippen molar-refractivity contribution in [3.8, 4) is 11.5 Å². The second-order valence-corrected chi connectivity index (χ2v) is 4.00. The van der Waals surface area contributed by atoms with Gasteiger partial charge in [0.1, 0.15) is 18.1 Å². The molecule has 0 aliphatic heterocycles. The predicted octanol–water partition coefficient (Wildman–Crippen LogP) is 2.56. The fourth-order valence-corrected chi connectivity index (χ4v) is 1.62. The van der Waals surface area contributed by atoms with E-state index in [0.29, 0.717) is 6.61 Å². The quantitative estimate of drug-likeness (QED) is 0.840. The van der Waals surface area contributed by atoms with Gasteiger partial charge in [-0.05, 0) is 31.2 Å². The zero-order valence-corrected chi connectivity index (χ0v) is 10.5. The lowest BCUT2D eigenvalue weighted by Crippen LogP contribution is -2.00. The van der Waals surface area contributed by atoms with E-state index < -0.39 is 0 Å². The molecular weight excluding hydrogens is 228 g/mol. The first-order valence-corrected chi connectivity index (χ1v) is 5.67. The van der Waals surface area contributed by atoms with E-state index in [9.17, 15) is 0 Å². The van der Waals surface area contributed by atoms with Gasteiger partial charge in [-0.2, -0.15) is 0 Å². The van der Waals surface area contributed by atoms with Crippen molar-refractivity contribution in [2.75, 3.05) is 12.8 Å². The first-order chi connectivity index (χ1) is 8.67. The minimum atomic E-state index is 0.405. The molecule has 0 unspecified atom stereocenters. The molecule has 4 heteroatoms. The van der Waals surface area contributed by atoms with Crippen molar-refractivity contribution >= 4 is 5.69 Å². The van der Waals surface area contributed by atoms with E-state index in [2.05, 4.69) is 4.98 Å². The summed E-state index contributed by atoms with van der Waals surface area (Å²) >= 11 is 0. The summed E-state index contributed by atoms with van der Waals surface area (Å²) in [5, 5.41) is 0. The summed E-state index contributed by atoms with van der Waals surface area (Å²) in [6.45, 7) is 2.33. The van der Waals surface area contributed by atoms with Gasteiger partial charge >= 0.3 is 0 Å². The van der Waals surface area contributed by atoms with Crippen LogP contribution in [-0.4, -0.2) is 12.1 Å². The van der Waals surface area contributed by atoms with Crippen molar-refractivity contribution in [3.05, 3.63) is 47.8 Å². The summed E-state index contributed by atoms with van der Waals surface area (Å²) in [5.74, 6) is 1.56. The number of hydrogen-bond donors (Lipinski definition) is 1. The largest absolute Gasteiger partial charge is 0.497 e. The molecule has 2 aromatic rings. The van der Waals surface area contributed by atoms with Crippen LogP contribution in [0, 0.1) is 6.92 Å². The van der Waals surface area contributed by atoms with Gasteiger partial charge in [-0.15, -0.1) is 0 Å². The molecule has 0 fully saturated rings. The molecule has 2 rings (SSSR count). The maximum atomic E-state index is 5.63. The van der Waals surface area contributed by atoms with Gasteiger partial charge in [-0.3, -0.25) is 4.98 Å². The van der Waals surface area contributed by atoms with E-state index in [-0.39, 0.29) is 0 Å². The summed E-state index contributed by atoms with van der Waals surface area (Å²) in [5.41, 5.74) is 8.07. The monoisotopic (exact) mass is 244 g/mol. The zero-order valence-electron chi connectivity index (χ0n) is 10.5. The Balaban J connectivity index is 2.05. The molecule has 0 atom stereocenters. The highest BCUT2D eigenvalue weighted by Gasteiger charge is 2.02. The van der Waals surface area contributed by atoms with Gasteiger partial charge in [-0.25, -0.2) is 0 Å². The van der Waals surface area contributed by atoms with Crippen molar-refractivity contribution in [2.24, 2.45) is 0 Å². The molecule has 0 bridgehead atoms. The number of rotatable bonds is 4. The summed E-state index contributed by atoms with van der Waals surface area (Å²) in [7, 11) is 1.64. The zero-order chi connectivity index (χ0) is 13.0. The van der Waals surface area contributed by atoms with Crippen LogP contribution < -0.4 is 15.2 Å². The SMILES string of the molecule is COc1cc(C)nc(COc2ccc(N)cc2)c1. The molecular formula is C14H16N2O2. The topological polar surface area (TPSA) is 57.4 Å². The smallest absolute Gasteiger partial charge is 0.130 e. The maximum absolute atomic E-state index is 5.63. The van der Waals surface area contributed by atoms with Gasteiger partial charge in [0.05, 0.1) is 12.8 Å². The summed E-state index contributed by atoms with van der Waals surface area (Å²) < 4.78 is 10.8. The molecule has 0 aliphatic rings. The average molecular weight is 244 g/mol. The molecule has 18 heavy (non-hydrogen) atoms. The lowest BCUT2D eigenvalue weighted by Gasteiger charge is -2.08. The maximum Gasteiger partial charge on any atom is 0.130 e. The van der Waals surface area contributed by atoms with E-state index in [1.54, 1.807) is 19.2 Å². The minimum absolute atomic E-state index is 0.405. The number of ether oxygens (including phenoxy) is 2. The molecule has 0 saturated heterocycles. The van der Waals surface area contributed by atoms with Crippen LogP contribution in [0.2, 0.25) is 0 Å². The molecule has 2 N–H and O–H groups in total. The standard InChI is InChI=1S/C14H16N2O2/c1-10-7-14(17-2)8-12(16-10)9-18-13-5-3-11(15)4-6-13/h3-8H,9,15H2,1-2H3. The van der Waals surface area contributed by atoms with E-state index in [0.717, 1.165) is 28.6 Å². The molecule has 0 saturated carbocycles. The fraction of sp³-hybridized carbons (Fsp3) is 0.214. The van der Waals surface area contributed by atoms with Crippen LogP contribution in [0.3, 0.4) is 0 Å². The third kappa shape index (κ3) is 3.13. The Kier molecular flexibility index (Phi) is 3.67. The van der Waals surface area contributed by atoms with Crippen LogP contribution in [0.1, 0.15) is 11.4 Å². The van der Waals surface area contributed by atoms with Gasteiger partial charge in [0.2, 0.25) is 0 Å². The molecule has 0 amide bonds. The highest BCUT2D eigenvalue weighted by atomic mass is 16.5. The number of anilines is 1. The normalized spacial score (nSPS) is 10.1. The van der Waals surface area contributed by atoms with Crippen molar-refractivity contribution in [2.45, 2.75) is 13.5 Å². The average Bonchev–Trinajstić information content (AvgIpc) is 2.37. The second-order valence-electron chi connectivity index (χ2n) is 4.00. The van der Waals surface area contributed by atoms with Crippen LogP contribution in [0.25, 0.3) is 0 Å². The molecule has 1 aromatic heterocycles. The van der Waals surface area contributed by atoms with Gasteiger partial charge < -0.3 is 15.2 Å².